The summed E-state index contributed by atoms with van der Waals surface area (Å²) >= 11 is 0. The van der Waals surface area contributed by atoms with Crippen LogP contribution in [0.3, 0.4) is 0 Å². The van der Waals surface area contributed by atoms with Gasteiger partial charge in [-0.2, -0.15) is 0 Å². The second kappa shape index (κ2) is 10.7. The minimum Gasteiger partial charge on any atom is -0.456 e. The Morgan fingerprint density at radius 1 is 0.382 bits per heavy atom. The van der Waals surface area contributed by atoms with Crippen molar-refractivity contribution in [2.45, 2.75) is 27.7 Å². The van der Waals surface area contributed by atoms with E-state index in [1.165, 1.54) is 11.1 Å². The van der Waals surface area contributed by atoms with E-state index in [1.54, 1.807) is 0 Å². The van der Waals surface area contributed by atoms with E-state index in [4.69, 9.17) is 8.83 Å². The van der Waals surface area contributed by atoms with Gasteiger partial charge >= 0.3 is 0 Å². The second-order valence-electron chi connectivity index (χ2n) is 7.45. The molecule has 2 heterocycles. The number of benzene rings is 4. The molecule has 0 unspecified atom stereocenters. The Bertz CT molecular complexity index is 1280. The summed E-state index contributed by atoms with van der Waals surface area (Å²) in [6.07, 6.45) is 0. The van der Waals surface area contributed by atoms with Crippen LogP contribution >= 0.6 is 0 Å². The predicted octanol–water partition coefficient (Wildman–Crippen LogP) is 10.2. The van der Waals surface area contributed by atoms with Crippen molar-refractivity contribution in [2.75, 3.05) is 0 Å². The Labute approximate surface area is 201 Å². The fourth-order valence-electron chi connectivity index (χ4n) is 3.90. The Morgan fingerprint density at radius 2 is 0.706 bits per heavy atom. The Kier molecular flexibility index (Phi) is 7.29. The molecule has 0 aliphatic carbocycles. The van der Waals surface area contributed by atoms with Gasteiger partial charge in [0.15, 0.2) is 0 Å². The minimum absolute atomic E-state index is 0.892. The van der Waals surface area contributed by atoms with Crippen LogP contribution in [0.4, 0.5) is 0 Å². The van der Waals surface area contributed by atoms with Gasteiger partial charge in [0.25, 0.3) is 0 Å². The maximum absolute atomic E-state index is 5.98. The summed E-state index contributed by atoms with van der Waals surface area (Å²) in [7, 11) is 0. The Balaban J connectivity index is 0.000000652. The van der Waals surface area contributed by atoms with E-state index in [2.05, 4.69) is 72.8 Å². The van der Waals surface area contributed by atoms with Crippen LogP contribution in [0.25, 0.3) is 55.7 Å². The highest BCUT2D eigenvalue weighted by Gasteiger charge is 2.08. The molecular formula is C32H30O2. The largest absolute Gasteiger partial charge is 0.456 e. The van der Waals surface area contributed by atoms with E-state index in [1.807, 2.05) is 64.1 Å². The van der Waals surface area contributed by atoms with Gasteiger partial charge in [-0.1, -0.05) is 113 Å². The molecule has 0 atom stereocenters. The zero-order valence-electron chi connectivity index (χ0n) is 20.2. The van der Waals surface area contributed by atoms with E-state index in [0.29, 0.717) is 0 Å². The zero-order valence-corrected chi connectivity index (χ0v) is 20.2. The van der Waals surface area contributed by atoms with Crippen LogP contribution in [0.1, 0.15) is 27.7 Å². The molecule has 0 amide bonds. The highest BCUT2D eigenvalue weighted by atomic mass is 16.3. The summed E-state index contributed by atoms with van der Waals surface area (Å²) in [4.78, 5) is 0. The van der Waals surface area contributed by atoms with Crippen molar-refractivity contribution in [3.05, 3.63) is 109 Å². The molecular weight excluding hydrogens is 416 g/mol. The monoisotopic (exact) mass is 446 g/mol. The standard InChI is InChI=1S/C28H18O2.2C2H6/c1-3-7-25-23(5-1)17-27(29-25)21-13-9-19(10-14-21)20-11-15-22(16-12-20)28-18-24-6-2-4-8-26(24)30-28;2*1-2/h1-18H;2*1-2H3. The molecule has 0 aliphatic rings. The summed E-state index contributed by atoms with van der Waals surface area (Å²) in [5, 5.41) is 2.25. The molecule has 0 saturated heterocycles. The van der Waals surface area contributed by atoms with E-state index in [9.17, 15) is 0 Å². The first kappa shape index (κ1) is 23.1. The fourth-order valence-corrected chi connectivity index (χ4v) is 3.90. The minimum atomic E-state index is 0.892. The molecule has 6 rings (SSSR count). The van der Waals surface area contributed by atoms with E-state index < -0.39 is 0 Å². The molecule has 0 radical (unpaired) electrons. The van der Waals surface area contributed by atoms with Crippen molar-refractivity contribution in [1.82, 2.24) is 0 Å². The number of hydrogen-bond acceptors (Lipinski definition) is 2. The third kappa shape index (κ3) is 4.67. The first-order chi connectivity index (χ1) is 16.8. The smallest absolute Gasteiger partial charge is 0.135 e. The van der Waals surface area contributed by atoms with Crippen LogP contribution in [-0.2, 0) is 0 Å². The molecule has 0 aliphatic heterocycles. The van der Waals surface area contributed by atoms with E-state index in [-0.39, 0.29) is 0 Å². The molecule has 0 spiro atoms. The van der Waals surface area contributed by atoms with Crippen molar-refractivity contribution in [2.24, 2.45) is 0 Å². The maximum atomic E-state index is 5.98. The van der Waals surface area contributed by atoms with Crippen LogP contribution in [-0.4, -0.2) is 0 Å². The number of fused-ring (bicyclic) bond motifs is 2. The quantitative estimate of drug-likeness (QED) is 0.270. The fraction of sp³-hybridized carbons (Fsp3) is 0.125. The second-order valence-corrected chi connectivity index (χ2v) is 7.45. The molecule has 0 saturated carbocycles. The summed E-state index contributed by atoms with van der Waals surface area (Å²) < 4.78 is 12.0. The molecule has 0 bridgehead atoms. The van der Waals surface area contributed by atoms with Crippen LogP contribution in [0.5, 0.6) is 0 Å². The van der Waals surface area contributed by atoms with Gasteiger partial charge in [0, 0.05) is 21.9 Å². The number of hydrogen-bond donors (Lipinski definition) is 0. The lowest BCUT2D eigenvalue weighted by atomic mass is 10.0. The van der Waals surface area contributed by atoms with Crippen molar-refractivity contribution in [3.8, 4) is 33.8 Å². The maximum Gasteiger partial charge on any atom is 0.135 e. The van der Waals surface area contributed by atoms with Gasteiger partial charge in [0.2, 0.25) is 0 Å². The van der Waals surface area contributed by atoms with Crippen molar-refractivity contribution < 1.29 is 8.83 Å². The van der Waals surface area contributed by atoms with Crippen LogP contribution in [0, 0.1) is 0 Å². The SMILES string of the molecule is CC.CC.c1ccc2oc(-c3ccc(-c4ccc(-c5cc6ccccc6o5)cc4)cc3)cc2c1. The molecule has 170 valence electrons. The van der Waals surface area contributed by atoms with Crippen molar-refractivity contribution in [3.63, 3.8) is 0 Å². The summed E-state index contributed by atoms with van der Waals surface area (Å²) in [6, 6.07) is 37.4. The highest BCUT2D eigenvalue weighted by molar-refractivity contribution is 5.84. The summed E-state index contributed by atoms with van der Waals surface area (Å²) in [5.41, 5.74) is 6.33. The topological polar surface area (TPSA) is 26.3 Å². The van der Waals surface area contributed by atoms with E-state index in [0.717, 1.165) is 44.6 Å². The number of rotatable bonds is 3. The lowest BCUT2D eigenvalue weighted by Gasteiger charge is -2.04. The Morgan fingerprint density at radius 3 is 1.06 bits per heavy atom. The van der Waals surface area contributed by atoms with Crippen molar-refractivity contribution >= 4 is 21.9 Å². The molecule has 2 nitrogen and oxygen atoms in total. The molecule has 34 heavy (non-hydrogen) atoms. The van der Waals surface area contributed by atoms with Gasteiger partial charge in [-0.25, -0.2) is 0 Å². The van der Waals surface area contributed by atoms with E-state index >= 15 is 0 Å². The third-order valence-corrected chi connectivity index (χ3v) is 5.52. The summed E-state index contributed by atoms with van der Waals surface area (Å²) in [5.74, 6) is 1.78. The van der Waals surface area contributed by atoms with Gasteiger partial charge in [-0.05, 0) is 35.4 Å². The van der Waals surface area contributed by atoms with Gasteiger partial charge in [0.05, 0.1) is 0 Å². The molecule has 6 aromatic rings. The lowest BCUT2D eigenvalue weighted by Crippen LogP contribution is -1.80. The molecule has 0 fully saturated rings. The average Bonchev–Trinajstić information content (AvgIpc) is 3.56. The zero-order chi connectivity index (χ0) is 23.9. The van der Waals surface area contributed by atoms with Crippen LogP contribution < -0.4 is 0 Å². The molecule has 2 heteroatoms. The molecule has 2 aromatic heterocycles. The summed E-state index contributed by atoms with van der Waals surface area (Å²) in [6.45, 7) is 8.00. The van der Waals surface area contributed by atoms with Crippen LogP contribution in [0.2, 0.25) is 0 Å². The molecule has 4 aromatic carbocycles. The number of para-hydroxylation sites is 2. The lowest BCUT2D eigenvalue weighted by molar-refractivity contribution is 0.631. The molecule has 0 N–H and O–H groups in total. The van der Waals surface area contributed by atoms with Crippen molar-refractivity contribution in [1.29, 1.82) is 0 Å². The number of furan rings is 2. The average molecular weight is 447 g/mol. The highest BCUT2D eigenvalue weighted by Crippen LogP contribution is 2.32. The first-order valence-corrected chi connectivity index (χ1v) is 12.0. The Hall–Kier alpha value is -4.04. The normalized spacial score (nSPS) is 10.4. The van der Waals surface area contributed by atoms with Gasteiger partial charge < -0.3 is 8.83 Å². The third-order valence-electron chi connectivity index (χ3n) is 5.52. The first-order valence-electron chi connectivity index (χ1n) is 12.0. The van der Waals surface area contributed by atoms with Gasteiger partial charge in [0.1, 0.15) is 22.7 Å². The van der Waals surface area contributed by atoms with Gasteiger partial charge in [-0.15, -0.1) is 0 Å². The predicted molar refractivity (Wildman–Crippen MR) is 145 cm³/mol. The van der Waals surface area contributed by atoms with Crippen LogP contribution in [0.15, 0.2) is 118 Å². The van der Waals surface area contributed by atoms with Gasteiger partial charge in [-0.3, -0.25) is 0 Å².